The van der Waals surface area contributed by atoms with Crippen molar-refractivity contribution in [2.75, 3.05) is 36.0 Å². The predicted octanol–water partition coefficient (Wildman–Crippen LogP) is 2.78. The van der Waals surface area contributed by atoms with Crippen LogP contribution in [0.15, 0.2) is 35.3 Å². The molecule has 3 rings (SSSR count). The molecule has 2 heterocycles. The monoisotopic (exact) mass is 372 g/mol. The second-order valence-electron chi connectivity index (χ2n) is 5.79. The first kappa shape index (κ1) is 17.6. The van der Waals surface area contributed by atoms with Crippen molar-refractivity contribution in [3.05, 3.63) is 51.4 Å². The van der Waals surface area contributed by atoms with Gasteiger partial charge in [-0.2, -0.15) is 18.3 Å². The van der Waals surface area contributed by atoms with E-state index >= 15 is 0 Å². The predicted molar refractivity (Wildman–Crippen MR) is 90.4 cm³/mol. The largest absolute Gasteiger partial charge is 0.416 e. The fourth-order valence-electron chi connectivity index (χ4n) is 2.81. The molecule has 0 saturated carbocycles. The summed E-state index contributed by atoms with van der Waals surface area (Å²) in [5, 5.41) is 4.07. The van der Waals surface area contributed by atoms with E-state index in [0.717, 1.165) is 16.8 Å². The van der Waals surface area contributed by atoms with Gasteiger partial charge < -0.3 is 9.80 Å². The van der Waals surface area contributed by atoms with Crippen molar-refractivity contribution < 1.29 is 13.2 Å². The van der Waals surface area contributed by atoms with Crippen LogP contribution in [-0.2, 0) is 13.2 Å². The molecule has 0 radical (unpaired) electrons. The molecule has 0 N–H and O–H groups in total. The van der Waals surface area contributed by atoms with Crippen LogP contribution in [0.3, 0.4) is 0 Å². The van der Waals surface area contributed by atoms with Crippen LogP contribution >= 0.6 is 11.6 Å². The van der Waals surface area contributed by atoms with Gasteiger partial charge in [0.25, 0.3) is 5.56 Å². The lowest BCUT2D eigenvalue weighted by Gasteiger charge is -2.37. The summed E-state index contributed by atoms with van der Waals surface area (Å²) in [5.41, 5.74) is 0.0434. The number of hydrogen-bond acceptors (Lipinski definition) is 4. The Hall–Kier alpha value is -2.22. The van der Waals surface area contributed by atoms with Crippen molar-refractivity contribution in [3.63, 3.8) is 0 Å². The molecule has 0 atom stereocenters. The second kappa shape index (κ2) is 6.59. The van der Waals surface area contributed by atoms with E-state index in [2.05, 4.69) is 5.10 Å². The molecule has 1 aliphatic rings. The number of piperazine rings is 1. The summed E-state index contributed by atoms with van der Waals surface area (Å²) in [4.78, 5) is 15.7. The molecule has 1 aliphatic heterocycles. The Morgan fingerprint density at radius 3 is 2.40 bits per heavy atom. The van der Waals surface area contributed by atoms with Gasteiger partial charge in [-0.15, -0.1) is 0 Å². The van der Waals surface area contributed by atoms with Crippen molar-refractivity contribution in [2.24, 2.45) is 7.05 Å². The molecule has 25 heavy (non-hydrogen) atoms. The Bertz CT molecular complexity index is 829. The van der Waals surface area contributed by atoms with E-state index in [1.165, 1.54) is 19.3 Å². The average Bonchev–Trinajstić information content (AvgIpc) is 2.59. The average molecular weight is 373 g/mol. The lowest BCUT2D eigenvalue weighted by molar-refractivity contribution is -0.137. The van der Waals surface area contributed by atoms with Crippen molar-refractivity contribution >= 4 is 23.0 Å². The van der Waals surface area contributed by atoms with Gasteiger partial charge in [0.15, 0.2) is 0 Å². The number of benzene rings is 1. The highest BCUT2D eigenvalue weighted by atomic mass is 35.5. The van der Waals surface area contributed by atoms with Crippen molar-refractivity contribution in [1.82, 2.24) is 9.78 Å². The summed E-state index contributed by atoms with van der Waals surface area (Å²) in [6, 6.07) is 5.29. The first-order chi connectivity index (χ1) is 11.8. The summed E-state index contributed by atoms with van der Waals surface area (Å²) in [6.07, 6.45) is -2.83. The number of hydrogen-bond donors (Lipinski definition) is 0. The van der Waals surface area contributed by atoms with E-state index in [0.29, 0.717) is 37.6 Å². The Morgan fingerprint density at radius 1 is 1.12 bits per heavy atom. The fourth-order valence-corrected chi connectivity index (χ4v) is 3.10. The minimum atomic E-state index is -4.36. The van der Waals surface area contributed by atoms with Gasteiger partial charge in [0.05, 0.1) is 17.4 Å². The molecule has 0 bridgehead atoms. The first-order valence-corrected chi connectivity index (χ1v) is 8.04. The third-order valence-electron chi connectivity index (χ3n) is 4.22. The third-order valence-corrected chi connectivity index (χ3v) is 4.57. The van der Waals surface area contributed by atoms with E-state index < -0.39 is 11.7 Å². The molecular formula is C16H16ClF3N4O. The lowest BCUT2D eigenvalue weighted by Crippen LogP contribution is -2.47. The molecular weight excluding hydrogens is 357 g/mol. The highest BCUT2D eigenvalue weighted by molar-refractivity contribution is 6.33. The number of halogens is 4. The second-order valence-corrected chi connectivity index (χ2v) is 6.17. The molecule has 0 spiro atoms. The zero-order valence-corrected chi connectivity index (χ0v) is 14.2. The molecule has 1 aromatic carbocycles. The van der Waals surface area contributed by atoms with Crippen LogP contribution in [0.1, 0.15) is 5.56 Å². The number of rotatable bonds is 2. The molecule has 5 nitrogen and oxygen atoms in total. The molecule has 1 fully saturated rings. The van der Waals surface area contributed by atoms with Gasteiger partial charge in [-0.1, -0.05) is 17.7 Å². The zero-order valence-electron chi connectivity index (χ0n) is 13.4. The summed E-state index contributed by atoms with van der Waals surface area (Å²) in [6.45, 7) is 2.11. The number of aryl methyl sites for hydroxylation is 1. The summed E-state index contributed by atoms with van der Waals surface area (Å²) >= 11 is 6.10. The highest BCUT2D eigenvalue weighted by Gasteiger charge is 2.31. The fraction of sp³-hybridized carbons (Fsp3) is 0.375. The van der Waals surface area contributed by atoms with Crippen molar-refractivity contribution in [2.45, 2.75) is 6.18 Å². The minimum absolute atomic E-state index is 0.102. The van der Waals surface area contributed by atoms with Gasteiger partial charge in [0.2, 0.25) is 0 Å². The lowest BCUT2D eigenvalue weighted by atomic mass is 10.1. The van der Waals surface area contributed by atoms with E-state index in [-0.39, 0.29) is 10.6 Å². The Labute approximate surface area is 147 Å². The maximum absolute atomic E-state index is 12.9. The number of anilines is 2. The highest BCUT2D eigenvalue weighted by Crippen LogP contribution is 2.32. The molecule has 1 saturated heterocycles. The normalized spacial score (nSPS) is 15.6. The first-order valence-electron chi connectivity index (χ1n) is 7.66. The van der Waals surface area contributed by atoms with Crippen LogP contribution < -0.4 is 15.4 Å². The van der Waals surface area contributed by atoms with Crippen molar-refractivity contribution in [3.8, 4) is 0 Å². The van der Waals surface area contributed by atoms with Crippen LogP contribution in [0.5, 0.6) is 0 Å². The van der Waals surface area contributed by atoms with Crippen LogP contribution in [0, 0.1) is 0 Å². The molecule has 2 aromatic rings. The van der Waals surface area contributed by atoms with E-state index in [1.807, 2.05) is 9.80 Å². The van der Waals surface area contributed by atoms with Crippen LogP contribution in [-0.4, -0.2) is 36.0 Å². The standard InChI is InChI=1S/C16H16ClF3N4O/c1-22-15(25)14(17)13(10-21-22)24-7-5-23(6-8-24)12-4-2-3-11(9-12)16(18,19)20/h2-4,9-10H,5-8H2,1H3. The van der Waals surface area contributed by atoms with Crippen LogP contribution in [0.25, 0.3) is 0 Å². The molecule has 134 valence electrons. The molecule has 0 unspecified atom stereocenters. The molecule has 1 aromatic heterocycles. The zero-order chi connectivity index (χ0) is 18.2. The number of alkyl halides is 3. The number of aromatic nitrogens is 2. The Morgan fingerprint density at radius 2 is 1.76 bits per heavy atom. The van der Waals surface area contributed by atoms with Crippen LogP contribution in [0.4, 0.5) is 24.5 Å². The van der Waals surface area contributed by atoms with Gasteiger partial charge in [0.1, 0.15) is 5.02 Å². The van der Waals surface area contributed by atoms with E-state index in [1.54, 1.807) is 6.07 Å². The molecule has 0 aliphatic carbocycles. The van der Waals surface area contributed by atoms with Crippen LogP contribution in [0.2, 0.25) is 5.02 Å². The SMILES string of the molecule is Cn1ncc(N2CCN(c3cccc(C(F)(F)F)c3)CC2)c(Cl)c1=O. The van der Waals surface area contributed by atoms with Gasteiger partial charge in [-0.05, 0) is 18.2 Å². The van der Waals surface area contributed by atoms with E-state index in [9.17, 15) is 18.0 Å². The molecule has 0 amide bonds. The minimum Gasteiger partial charge on any atom is -0.368 e. The number of nitrogens with zero attached hydrogens (tertiary/aromatic N) is 4. The van der Waals surface area contributed by atoms with Crippen molar-refractivity contribution in [1.29, 1.82) is 0 Å². The molecule has 9 heteroatoms. The van der Waals surface area contributed by atoms with E-state index in [4.69, 9.17) is 11.6 Å². The van der Waals surface area contributed by atoms with Gasteiger partial charge in [-0.25, -0.2) is 4.68 Å². The Kier molecular flexibility index (Phi) is 4.64. The summed E-state index contributed by atoms with van der Waals surface area (Å²) < 4.78 is 39.7. The van der Waals surface area contributed by atoms with Gasteiger partial charge in [-0.3, -0.25) is 4.79 Å². The topological polar surface area (TPSA) is 41.4 Å². The Balaban J connectivity index is 1.75. The quantitative estimate of drug-likeness (QED) is 0.813. The maximum atomic E-state index is 12.9. The summed E-state index contributed by atoms with van der Waals surface area (Å²) in [7, 11) is 1.52. The smallest absolute Gasteiger partial charge is 0.368 e. The van der Waals surface area contributed by atoms with Gasteiger partial charge >= 0.3 is 6.18 Å². The van der Waals surface area contributed by atoms with Gasteiger partial charge in [0, 0.05) is 38.9 Å². The summed E-state index contributed by atoms with van der Waals surface area (Å²) in [5.74, 6) is 0. The third kappa shape index (κ3) is 3.58. The maximum Gasteiger partial charge on any atom is 0.416 e.